The van der Waals surface area contributed by atoms with Crippen LogP contribution in [0.4, 0.5) is 18.9 Å². The number of aromatic amines is 1. The first-order valence-corrected chi connectivity index (χ1v) is 8.01. The van der Waals surface area contributed by atoms with Crippen molar-refractivity contribution in [3.63, 3.8) is 0 Å². The van der Waals surface area contributed by atoms with Gasteiger partial charge in [0.15, 0.2) is 11.5 Å². The number of H-pyrrole nitrogens is 1. The predicted molar refractivity (Wildman–Crippen MR) is 95.2 cm³/mol. The van der Waals surface area contributed by atoms with E-state index in [1.807, 2.05) is 0 Å². The molecule has 27 heavy (non-hydrogen) atoms. The van der Waals surface area contributed by atoms with Crippen molar-refractivity contribution in [2.45, 2.75) is 12.6 Å². The molecule has 0 atom stereocenters. The molecule has 8 heteroatoms. The van der Waals surface area contributed by atoms with Crippen molar-refractivity contribution in [3.05, 3.63) is 53.7 Å². The van der Waals surface area contributed by atoms with Gasteiger partial charge in [0.2, 0.25) is 5.91 Å². The fraction of sp³-hybridized carbons (Fsp3) is 0.211. The molecular formula is C19H17F3N2O3. The van der Waals surface area contributed by atoms with Gasteiger partial charge < -0.3 is 19.8 Å². The Morgan fingerprint density at radius 2 is 1.78 bits per heavy atom. The zero-order chi connectivity index (χ0) is 19.6. The number of ether oxygens (including phenoxy) is 2. The van der Waals surface area contributed by atoms with E-state index >= 15 is 0 Å². The maximum Gasteiger partial charge on any atom is 0.431 e. The quantitative estimate of drug-likeness (QED) is 0.692. The van der Waals surface area contributed by atoms with Gasteiger partial charge in [-0.3, -0.25) is 4.79 Å². The van der Waals surface area contributed by atoms with Crippen LogP contribution < -0.4 is 14.8 Å². The van der Waals surface area contributed by atoms with Gasteiger partial charge in [0.05, 0.1) is 20.6 Å². The summed E-state index contributed by atoms with van der Waals surface area (Å²) in [6.07, 6.45) is -4.37. The maximum atomic E-state index is 12.8. The Bertz CT molecular complexity index is 980. The maximum absolute atomic E-state index is 12.8. The fourth-order valence-corrected chi connectivity index (χ4v) is 2.74. The van der Waals surface area contributed by atoms with Gasteiger partial charge in [0.25, 0.3) is 0 Å². The van der Waals surface area contributed by atoms with Crippen LogP contribution in [0.2, 0.25) is 0 Å². The van der Waals surface area contributed by atoms with E-state index in [9.17, 15) is 18.0 Å². The Morgan fingerprint density at radius 3 is 2.44 bits per heavy atom. The highest BCUT2D eigenvalue weighted by Gasteiger charge is 2.32. The molecule has 0 spiro atoms. The Balaban J connectivity index is 1.74. The average Bonchev–Trinajstić information content (AvgIpc) is 3.05. The van der Waals surface area contributed by atoms with Gasteiger partial charge >= 0.3 is 6.18 Å². The van der Waals surface area contributed by atoms with Crippen molar-refractivity contribution in [2.24, 2.45) is 0 Å². The summed E-state index contributed by atoms with van der Waals surface area (Å²) in [5.41, 5.74) is 0.652. The molecule has 0 unspecified atom stereocenters. The number of fused-ring (bicyclic) bond motifs is 1. The highest BCUT2D eigenvalue weighted by Crippen LogP contribution is 2.32. The van der Waals surface area contributed by atoms with E-state index in [1.165, 1.54) is 26.4 Å². The van der Waals surface area contributed by atoms with E-state index in [0.717, 1.165) is 6.07 Å². The summed E-state index contributed by atoms with van der Waals surface area (Å²) in [7, 11) is 3.02. The lowest BCUT2D eigenvalue weighted by Gasteiger charge is -2.10. The molecule has 0 saturated heterocycles. The molecule has 142 valence electrons. The Labute approximate surface area is 153 Å². The number of rotatable bonds is 5. The number of alkyl halides is 3. The molecule has 1 amide bonds. The first kappa shape index (κ1) is 18.6. The number of benzene rings is 2. The van der Waals surface area contributed by atoms with Gasteiger partial charge in [-0.05, 0) is 42.0 Å². The third kappa shape index (κ3) is 4.16. The molecule has 1 aromatic heterocycles. The number of aromatic nitrogens is 1. The van der Waals surface area contributed by atoms with Crippen LogP contribution in [0.1, 0.15) is 11.3 Å². The van der Waals surface area contributed by atoms with Gasteiger partial charge in [-0.2, -0.15) is 13.2 Å². The minimum atomic E-state index is -4.45. The summed E-state index contributed by atoms with van der Waals surface area (Å²) < 4.78 is 48.7. The van der Waals surface area contributed by atoms with Gasteiger partial charge in [-0.25, -0.2) is 0 Å². The molecule has 5 nitrogen and oxygen atoms in total. The molecule has 0 bridgehead atoms. The molecule has 0 fully saturated rings. The summed E-state index contributed by atoms with van der Waals surface area (Å²) >= 11 is 0. The van der Waals surface area contributed by atoms with Gasteiger partial charge in [0, 0.05) is 16.6 Å². The molecule has 3 aromatic rings. The molecule has 3 rings (SSSR count). The number of amides is 1. The van der Waals surface area contributed by atoms with E-state index in [4.69, 9.17) is 9.47 Å². The minimum Gasteiger partial charge on any atom is -0.493 e. The lowest BCUT2D eigenvalue weighted by Crippen LogP contribution is -2.14. The molecule has 0 aliphatic rings. The number of methoxy groups -OCH3 is 2. The standard InChI is InChI=1S/C19H17F3N2O3/c1-26-15-6-3-11(7-16(15)27-2)8-18(25)23-13-4-5-14-12(9-13)10-17(24-14)19(20,21)22/h3-7,9-10,24H,8H2,1-2H3,(H,23,25). The molecule has 0 aliphatic carbocycles. The van der Waals surface area contributed by atoms with Crippen LogP contribution in [0.15, 0.2) is 42.5 Å². The number of nitrogens with one attached hydrogen (secondary N) is 2. The number of hydrogen-bond donors (Lipinski definition) is 2. The molecule has 2 N–H and O–H groups in total. The Hall–Kier alpha value is -3.16. The third-order valence-electron chi connectivity index (χ3n) is 4.02. The molecule has 2 aromatic carbocycles. The second-order valence-corrected chi connectivity index (χ2v) is 5.90. The minimum absolute atomic E-state index is 0.0827. The number of hydrogen-bond acceptors (Lipinski definition) is 3. The van der Waals surface area contributed by atoms with Crippen LogP contribution in [0.3, 0.4) is 0 Å². The molecule has 0 aliphatic heterocycles. The normalized spacial score (nSPS) is 11.4. The summed E-state index contributed by atoms with van der Waals surface area (Å²) in [5.74, 6) is 0.768. The van der Waals surface area contributed by atoms with Crippen molar-refractivity contribution in [3.8, 4) is 11.5 Å². The molecular weight excluding hydrogens is 361 g/mol. The van der Waals surface area contributed by atoms with Gasteiger partial charge in [-0.1, -0.05) is 6.07 Å². The summed E-state index contributed by atoms with van der Waals surface area (Å²) in [4.78, 5) is 14.6. The second-order valence-electron chi connectivity index (χ2n) is 5.90. The number of anilines is 1. The largest absolute Gasteiger partial charge is 0.493 e. The topological polar surface area (TPSA) is 63.3 Å². The Kier molecular flexibility index (Phi) is 4.98. The summed E-state index contributed by atoms with van der Waals surface area (Å²) in [6, 6.07) is 10.7. The van der Waals surface area contributed by atoms with Crippen molar-refractivity contribution in [1.82, 2.24) is 4.98 Å². The lowest BCUT2D eigenvalue weighted by molar-refractivity contribution is -0.140. The number of halogens is 3. The van der Waals surface area contributed by atoms with Crippen LogP contribution in [0, 0.1) is 0 Å². The van der Waals surface area contributed by atoms with Crippen LogP contribution in [0.5, 0.6) is 11.5 Å². The third-order valence-corrected chi connectivity index (χ3v) is 4.02. The highest BCUT2D eigenvalue weighted by molar-refractivity contribution is 5.95. The van der Waals surface area contributed by atoms with Crippen molar-refractivity contribution in [2.75, 3.05) is 19.5 Å². The molecule has 0 saturated carbocycles. The van der Waals surface area contributed by atoms with E-state index in [0.29, 0.717) is 33.7 Å². The zero-order valence-corrected chi connectivity index (χ0v) is 14.6. The molecule has 1 heterocycles. The lowest BCUT2D eigenvalue weighted by atomic mass is 10.1. The predicted octanol–water partition coefficient (Wildman–Crippen LogP) is 4.39. The number of carbonyl (C=O) groups is 1. The van der Waals surface area contributed by atoms with Crippen molar-refractivity contribution < 1.29 is 27.4 Å². The van der Waals surface area contributed by atoms with Crippen LogP contribution in [0.25, 0.3) is 10.9 Å². The monoisotopic (exact) mass is 378 g/mol. The fourth-order valence-electron chi connectivity index (χ4n) is 2.74. The average molecular weight is 378 g/mol. The first-order valence-electron chi connectivity index (χ1n) is 8.01. The van der Waals surface area contributed by atoms with E-state index in [2.05, 4.69) is 10.3 Å². The second kappa shape index (κ2) is 7.22. The van der Waals surface area contributed by atoms with Crippen LogP contribution in [-0.2, 0) is 17.4 Å². The van der Waals surface area contributed by atoms with Crippen LogP contribution >= 0.6 is 0 Å². The van der Waals surface area contributed by atoms with Crippen molar-refractivity contribution in [1.29, 1.82) is 0 Å². The van der Waals surface area contributed by atoms with E-state index in [-0.39, 0.29) is 12.3 Å². The van der Waals surface area contributed by atoms with Crippen LogP contribution in [-0.4, -0.2) is 25.1 Å². The van der Waals surface area contributed by atoms with Gasteiger partial charge in [-0.15, -0.1) is 0 Å². The summed E-state index contributed by atoms with van der Waals surface area (Å²) in [6.45, 7) is 0. The highest BCUT2D eigenvalue weighted by atomic mass is 19.4. The first-order chi connectivity index (χ1) is 12.8. The van der Waals surface area contributed by atoms with E-state index in [1.54, 1.807) is 24.3 Å². The smallest absolute Gasteiger partial charge is 0.431 e. The van der Waals surface area contributed by atoms with E-state index < -0.39 is 11.9 Å². The van der Waals surface area contributed by atoms with Crippen molar-refractivity contribution >= 4 is 22.5 Å². The molecule has 0 radical (unpaired) electrons. The Morgan fingerprint density at radius 1 is 1.04 bits per heavy atom. The summed E-state index contributed by atoms with van der Waals surface area (Å²) in [5, 5.41) is 3.06. The zero-order valence-electron chi connectivity index (χ0n) is 14.6. The number of carbonyl (C=O) groups excluding carboxylic acids is 1. The van der Waals surface area contributed by atoms with Gasteiger partial charge in [0.1, 0.15) is 5.69 Å². The SMILES string of the molecule is COc1ccc(CC(=O)Nc2ccc3[nH]c(C(F)(F)F)cc3c2)cc1OC.